The first kappa shape index (κ1) is 19.7. The lowest BCUT2D eigenvalue weighted by Gasteiger charge is -2.13. The van der Waals surface area contributed by atoms with Gasteiger partial charge < -0.3 is 25.4 Å². The van der Waals surface area contributed by atoms with Gasteiger partial charge in [-0.3, -0.25) is 9.59 Å². The van der Waals surface area contributed by atoms with Crippen LogP contribution in [0.2, 0.25) is 0 Å². The summed E-state index contributed by atoms with van der Waals surface area (Å²) in [6, 6.07) is 14.2. The van der Waals surface area contributed by atoms with Crippen LogP contribution in [0.1, 0.15) is 23.2 Å². The summed E-state index contributed by atoms with van der Waals surface area (Å²) in [5, 5.41) is 8.44. The molecule has 148 valence electrons. The molecule has 0 spiro atoms. The molecule has 0 saturated carbocycles. The Labute approximate surface area is 164 Å². The number of amides is 2. The Morgan fingerprint density at radius 2 is 1.96 bits per heavy atom. The Kier molecular flexibility index (Phi) is 6.86. The SMILES string of the molecule is CNC(=O)c1ccc(NCC(=O)Nc2cccc(OCC3CCCO3)c2)cc1. The Morgan fingerprint density at radius 1 is 1.14 bits per heavy atom. The second-order valence-electron chi connectivity index (χ2n) is 6.53. The molecule has 1 atom stereocenters. The van der Waals surface area contributed by atoms with Crippen LogP contribution in [-0.2, 0) is 9.53 Å². The molecule has 1 unspecified atom stereocenters. The van der Waals surface area contributed by atoms with E-state index in [2.05, 4.69) is 16.0 Å². The maximum absolute atomic E-state index is 12.2. The van der Waals surface area contributed by atoms with E-state index in [0.717, 1.165) is 25.1 Å². The van der Waals surface area contributed by atoms with Gasteiger partial charge in [0.05, 0.1) is 12.6 Å². The Bertz CT molecular complexity index is 802. The summed E-state index contributed by atoms with van der Waals surface area (Å²) in [6.07, 6.45) is 2.25. The number of hydrogen-bond acceptors (Lipinski definition) is 5. The molecule has 1 fully saturated rings. The number of rotatable bonds is 8. The summed E-state index contributed by atoms with van der Waals surface area (Å²) < 4.78 is 11.3. The van der Waals surface area contributed by atoms with Crippen molar-refractivity contribution in [2.24, 2.45) is 0 Å². The fourth-order valence-electron chi connectivity index (χ4n) is 2.90. The molecule has 0 bridgehead atoms. The van der Waals surface area contributed by atoms with Gasteiger partial charge in [0.25, 0.3) is 5.91 Å². The van der Waals surface area contributed by atoms with Gasteiger partial charge in [-0.25, -0.2) is 0 Å². The molecular weight excluding hydrogens is 358 g/mol. The summed E-state index contributed by atoms with van der Waals surface area (Å²) in [5.41, 5.74) is 2.00. The van der Waals surface area contributed by atoms with Crippen molar-refractivity contribution < 1.29 is 19.1 Å². The molecule has 28 heavy (non-hydrogen) atoms. The molecule has 0 aromatic heterocycles. The molecule has 1 aliphatic rings. The average Bonchev–Trinajstić information content (AvgIpc) is 3.24. The molecule has 7 heteroatoms. The van der Waals surface area contributed by atoms with Crippen LogP contribution in [0.25, 0.3) is 0 Å². The highest BCUT2D eigenvalue weighted by atomic mass is 16.5. The fraction of sp³-hybridized carbons (Fsp3) is 0.333. The quantitative estimate of drug-likeness (QED) is 0.652. The zero-order valence-corrected chi connectivity index (χ0v) is 15.9. The Hall–Kier alpha value is -3.06. The molecule has 7 nitrogen and oxygen atoms in total. The number of carbonyl (C=O) groups excluding carboxylic acids is 2. The minimum atomic E-state index is -0.174. The molecular formula is C21H25N3O4. The third kappa shape index (κ3) is 5.72. The Balaban J connectivity index is 1.46. The predicted octanol–water partition coefficient (Wildman–Crippen LogP) is 2.65. The Morgan fingerprint density at radius 3 is 2.68 bits per heavy atom. The van der Waals surface area contributed by atoms with E-state index in [-0.39, 0.29) is 24.5 Å². The number of carbonyl (C=O) groups is 2. The van der Waals surface area contributed by atoms with Gasteiger partial charge in [0, 0.05) is 36.7 Å². The number of ether oxygens (including phenoxy) is 2. The third-order valence-electron chi connectivity index (χ3n) is 4.40. The average molecular weight is 383 g/mol. The highest BCUT2D eigenvalue weighted by molar-refractivity contribution is 5.95. The molecule has 2 aromatic rings. The second kappa shape index (κ2) is 9.75. The molecule has 3 rings (SSSR count). The van der Waals surface area contributed by atoms with Crippen LogP contribution in [0.4, 0.5) is 11.4 Å². The van der Waals surface area contributed by atoms with Crippen LogP contribution in [0.15, 0.2) is 48.5 Å². The van der Waals surface area contributed by atoms with Crippen molar-refractivity contribution >= 4 is 23.2 Å². The van der Waals surface area contributed by atoms with Gasteiger partial charge in [0.15, 0.2) is 0 Å². The van der Waals surface area contributed by atoms with Gasteiger partial charge in [0.2, 0.25) is 5.91 Å². The van der Waals surface area contributed by atoms with Gasteiger partial charge >= 0.3 is 0 Å². The minimum Gasteiger partial charge on any atom is -0.491 e. The lowest BCUT2D eigenvalue weighted by molar-refractivity contribution is -0.114. The molecule has 1 aliphatic heterocycles. The van der Waals surface area contributed by atoms with E-state index in [9.17, 15) is 9.59 Å². The van der Waals surface area contributed by atoms with Gasteiger partial charge in [-0.15, -0.1) is 0 Å². The van der Waals surface area contributed by atoms with E-state index in [1.807, 2.05) is 18.2 Å². The minimum absolute atomic E-state index is 0.111. The van der Waals surface area contributed by atoms with Crippen molar-refractivity contribution in [2.75, 3.05) is 37.4 Å². The van der Waals surface area contributed by atoms with Crippen LogP contribution >= 0.6 is 0 Å². The highest BCUT2D eigenvalue weighted by Crippen LogP contribution is 2.19. The van der Waals surface area contributed by atoms with Crippen molar-refractivity contribution in [1.82, 2.24) is 5.32 Å². The summed E-state index contributed by atoms with van der Waals surface area (Å²) in [5.74, 6) is 0.378. The van der Waals surface area contributed by atoms with E-state index in [1.54, 1.807) is 37.4 Å². The number of nitrogens with one attached hydrogen (secondary N) is 3. The van der Waals surface area contributed by atoms with Crippen molar-refractivity contribution in [2.45, 2.75) is 18.9 Å². The smallest absolute Gasteiger partial charge is 0.251 e. The van der Waals surface area contributed by atoms with Crippen LogP contribution in [0.5, 0.6) is 5.75 Å². The van der Waals surface area contributed by atoms with Gasteiger partial charge in [-0.1, -0.05) is 6.07 Å². The molecule has 2 aromatic carbocycles. The van der Waals surface area contributed by atoms with Gasteiger partial charge in [-0.2, -0.15) is 0 Å². The lowest BCUT2D eigenvalue weighted by Crippen LogP contribution is -2.22. The zero-order chi connectivity index (χ0) is 19.8. The number of benzene rings is 2. The van der Waals surface area contributed by atoms with Crippen molar-refractivity contribution in [3.63, 3.8) is 0 Å². The third-order valence-corrected chi connectivity index (χ3v) is 4.40. The topological polar surface area (TPSA) is 88.7 Å². The van der Waals surface area contributed by atoms with Crippen LogP contribution in [0.3, 0.4) is 0 Å². The normalized spacial score (nSPS) is 15.7. The fourth-order valence-corrected chi connectivity index (χ4v) is 2.90. The van der Waals surface area contributed by atoms with Crippen LogP contribution < -0.4 is 20.7 Å². The summed E-state index contributed by atoms with van der Waals surface area (Å²) in [4.78, 5) is 23.7. The monoisotopic (exact) mass is 383 g/mol. The van der Waals surface area contributed by atoms with E-state index >= 15 is 0 Å². The lowest BCUT2D eigenvalue weighted by atomic mass is 10.2. The molecule has 3 N–H and O–H groups in total. The van der Waals surface area contributed by atoms with Crippen molar-refractivity contribution in [3.8, 4) is 5.75 Å². The summed E-state index contributed by atoms with van der Waals surface area (Å²) in [6.45, 7) is 1.43. The molecule has 1 saturated heterocycles. The van der Waals surface area contributed by atoms with E-state index in [1.165, 1.54) is 0 Å². The number of hydrogen-bond donors (Lipinski definition) is 3. The summed E-state index contributed by atoms with van der Waals surface area (Å²) >= 11 is 0. The first-order chi connectivity index (χ1) is 13.6. The van der Waals surface area contributed by atoms with E-state index in [4.69, 9.17) is 9.47 Å². The zero-order valence-electron chi connectivity index (χ0n) is 15.9. The van der Waals surface area contributed by atoms with Gasteiger partial charge in [0.1, 0.15) is 12.4 Å². The van der Waals surface area contributed by atoms with Crippen LogP contribution in [0, 0.1) is 0 Å². The molecule has 0 aliphatic carbocycles. The van der Waals surface area contributed by atoms with Crippen LogP contribution in [-0.4, -0.2) is 44.7 Å². The maximum Gasteiger partial charge on any atom is 0.251 e. The predicted molar refractivity (Wildman–Crippen MR) is 108 cm³/mol. The standard InChI is InChI=1S/C21H25N3O4/c1-22-21(26)15-7-9-16(10-8-15)23-13-20(25)24-17-4-2-5-18(12-17)28-14-19-6-3-11-27-19/h2,4-5,7-10,12,19,23H,3,6,11,13-14H2,1H3,(H,22,26)(H,24,25). The molecule has 0 radical (unpaired) electrons. The van der Waals surface area contributed by atoms with Crippen molar-refractivity contribution in [1.29, 1.82) is 0 Å². The highest BCUT2D eigenvalue weighted by Gasteiger charge is 2.16. The number of anilines is 2. The summed E-state index contributed by atoms with van der Waals surface area (Å²) in [7, 11) is 1.58. The molecule has 2 amide bonds. The van der Waals surface area contributed by atoms with E-state index < -0.39 is 0 Å². The van der Waals surface area contributed by atoms with Gasteiger partial charge in [-0.05, 0) is 49.2 Å². The van der Waals surface area contributed by atoms with Crippen molar-refractivity contribution in [3.05, 3.63) is 54.1 Å². The van der Waals surface area contributed by atoms with E-state index in [0.29, 0.717) is 23.6 Å². The maximum atomic E-state index is 12.2. The first-order valence-corrected chi connectivity index (χ1v) is 9.34. The molecule has 1 heterocycles. The largest absolute Gasteiger partial charge is 0.491 e. The first-order valence-electron chi connectivity index (χ1n) is 9.34. The second-order valence-corrected chi connectivity index (χ2v) is 6.53.